The molecular weight excluding hydrogens is 266 g/mol. The van der Waals surface area contributed by atoms with E-state index in [1.165, 1.54) is 4.90 Å². The number of rotatable bonds is 3. The second-order valence-electron chi connectivity index (χ2n) is 5.15. The topological polar surface area (TPSA) is 46.6 Å². The Morgan fingerprint density at radius 3 is 2.29 bits per heavy atom. The molecule has 1 heterocycles. The average Bonchev–Trinajstić information content (AvgIpc) is 2.72. The first kappa shape index (κ1) is 13.4. The summed E-state index contributed by atoms with van der Waals surface area (Å²) < 4.78 is 5.58. The summed E-state index contributed by atoms with van der Waals surface area (Å²) in [6.45, 7) is 3.90. The maximum atomic E-state index is 12.2. The first-order valence-electron chi connectivity index (χ1n) is 6.82. The SMILES string of the molecule is CC(C)Oc1ccc(N2C(=O)C(=O)c3ccccc32)cc1. The Labute approximate surface area is 123 Å². The van der Waals surface area contributed by atoms with Crippen LogP contribution < -0.4 is 9.64 Å². The minimum Gasteiger partial charge on any atom is -0.491 e. The lowest BCUT2D eigenvalue weighted by Gasteiger charge is -2.17. The monoisotopic (exact) mass is 281 g/mol. The minimum atomic E-state index is -0.520. The van der Waals surface area contributed by atoms with Crippen LogP contribution in [0.2, 0.25) is 0 Å². The largest absolute Gasteiger partial charge is 0.491 e. The molecule has 21 heavy (non-hydrogen) atoms. The van der Waals surface area contributed by atoms with Gasteiger partial charge in [0, 0.05) is 5.69 Å². The van der Waals surface area contributed by atoms with Crippen LogP contribution in [0.5, 0.6) is 5.75 Å². The van der Waals surface area contributed by atoms with Gasteiger partial charge in [-0.1, -0.05) is 12.1 Å². The standard InChI is InChI=1S/C17H15NO3/c1-11(2)21-13-9-7-12(8-10-13)18-15-6-4-3-5-14(15)16(19)17(18)20/h3-11H,1-2H3. The molecule has 0 saturated heterocycles. The zero-order valence-corrected chi connectivity index (χ0v) is 11.9. The number of anilines is 2. The van der Waals surface area contributed by atoms with Gasteiger partial charge in [0.05, 0.1) is 17.4 Å². The van der Waals surface area contributed by atoms with E-state index in [4.69, 9.17) is 4.74 Å². The number of carbonyl (C=O) groups is 2. The molecule has 0 saturated carbocycles. The van der Waals surface area contributed by atoms with Crippen molar-refractivity contribution in [3.8, 4) is 5.75 Å². The van der Waals surface area contributed by atoms with E-state index in [0.717, 1.165) is 5.75 Å². The maximum Gasteiger partial charge on any atom is 0.304 e. The molecule has 2 aromatic rings. The molecule has 0 bridgehead atoms. The number of amides is 1. The third-order valence-corrected chi connectivity index (χ3v) is 3.25. The van der Waals surface area contributed by atoms with Crippen molar-refractivity contribution in [3.63, 3.8) is 0 Å². The molecule has 1 amide bonds. The Morgan fingerprint density at radius 1 is 0.952 bits per heavy atom. The van der Waals surface area contributed by atoms with E-state index in [-0.39, 0.29) is 6.10 Å². The molecule has 4 nitrogen and oxygen atoms in total. The van der Waals surface area contributed by atoms with Crippen molar-refractivity contribution in [1.82, 2.24) is 0 Å². The highest BCUT2D eigenvalue weighted by molar-refractivity contribution is 6.53. The van der Waals surface area contributed by atoms with Crippen molar-refractivity contribution in [2.24, 2.45) is 0 Å². The van der Waals surface area contributed by atoms with Gasteiger partial charge in [-0.25, -0.2) is 0 Å². The van der Waals surface area contributed by atoms with Crippen LogP contribution in [-0.4, -0.2) is 17.8 Å². The molecular formula is C17H15NO3. The van der Waals surface area contributed by atoms with Crippen molar-refractivity contribution < 1.29 is 14.3 Å². The Hall–Kier alpha value is -2.62. The Kier molecular flexibility index (Phi) is 3.22. The Balaban J connectivity index is 1.97. The van der Waals surface area contributed by atoms with Crippen LogP contribution in [0, 0.1) is 0 Å². The predicted octanol–water partition coefficient (Wildman–Crippen LogP) is 3.33. The maximum absolute atomic E-state index is 12.2. The van der Waals surface area contributed by atoms with Crippen LogP contribution in [0.25, 0.3) is 0 Å². The van der Waals surface area contributed by atoms with Crippen molar-refractivity contribution in [1.29, 1.82) is 0 Å². The number of Topliss-reactive ketones (excluding diaryl/α,β-unsaturated/α-hetero) is 1. The van der Waals surface area contributed by atoms with E-state index in [1.54, 1.807) is 42.5 Å². The fraction of sp³-hybridized carbons (Fsp3) is 0.176. The van der Waals surface area contributed by atoms with Crippen molar-refractivity contribution >= 4 is 23.1 Å². The highest BCUT2D eigenvalue weighted by Crippen LogP contribution is 2.35. The second kappa shape index (κ2) is 5.05. The van der Waals surface area contributed by atoms with Crippen LogP contribution in [-0.2, 0) is 4.79 Å². The first-order chi connectivity index (χ1) is 10.1. The molecule has 1 aliphatic heterocycles. The summed E-state index contributed by atoms with van der Waals surface area (Å²) in [6, 6.07) is 14.2. The number of hydrogen-bond donors (Lipinski definition) is 0. The van der Waals surface area contributed by atoms with Gasteiger partial charge < -0.3 is 4.74 Å². The van der Waals surface area contributed by atoms with Crippen LogP contribution in [0.3, 0.4) is 0 Å². The zero-order chi connectivity index (χ0) is 15.0. The molecule has 3 rings (SSSR count). The average molecular weight is 281 g/mol. The Morgan fingerprint density at radius 2 is 1.62 bits per heavy atom. The normalized spacial score (nSPS) is 13.8. The van der Waals surface area contributed by atoms with Gasteiger partial charge >= 0.3 is 5.91 Å². The number of ether oxygens (including phenoxy) is 1. The summed E-state index contributed by atoms with van der Waals surface area (Å²) in [6.07, 6.45) is 0.0894. The summed E-state index contributed by atoms with van der Waals surface area (Å²) in [5.74, 6) is -0.248. The first-order valence-corrected chi connectivity index (χ1v) is 6.82. The number of hydrogen-bond acceptors (Lipinski definition) is 3. The smallest absolute Gasteiger partial charge is 0.304 e. The summed E-state index contributed by atoms with van der Waals surface area (Å²) in [5, 5.41) is 0. The van der Waals surface area contributed by atoms with E-state index in [2.05, 4.69) is 0 Å². The third-order valence-electron chi connectivity index (χ3n) is 3.25. The lowest BCUT2D eigenvalue weighted by atomic mass is 10.1. The molecule has 4 heteroatoms. The van der Waals surface area contributed by atoms with Gasteiger partial charge in [-0.05, 0) is 50.2 Å². The molecule has 0 aromatic heterocycles. The zero-order valence-electron chi connectivity index (χ0n) is 11.9. The highest BCUT2D eigenvalue weighted by Gasteiger charge is 2.36. The number of ketones is 1. The highest BCUT2D eigenvalue weighted by atomic mass is 16.5. The predicted molar refractivity (Wildman–Crippen MR) is 80.1 cm³/mol. The molecule has 0 unspecified atom stereocenters. The second-order valence-corrected chi connectivity index (χ2v) is 5.15. The third kappa shape index (κ3) is 2.29. The lowest BCUT2D eigenvalue weighted by molar-refractivity contribution is -0.113. The van der Waals surface area contributed by atoms with Gasteiger partial charge in [-0.15, -0.1) is 0 Å². The van der Waals surface area contributed by atoms with E-state index in [1.807, 2.05) is 19.9 Å². The summed E-state index contributed by atoms with van der Waals surface area (Å²) >= 11 is 0. The lowest BCUT2D eigenvalue weighted by Crippen LogP contribution is -2.24. The van der Waals surface area contributed by atoms with E-state index >= 15 is 0 Å². The van der Waals surface area contributed by atoms with Gasteiger partial charge in [0.15, 0.2) is 0 Å². The molecule has 2 aromatic carbocycles. The molecule has 0 fully saturated rings. The van der Waals surface area contributed by atoms with Gasteiger partial charge in [0.2, 0.25) is 0 Å². The molecule has 0 radical (unpaired) electrons. The van der Waals surface area contributed by atoms with Gasteiger partial charge in [-0.2, -0.15) is 0 Å². The molecule has 0 N–H and O–H groups in total. The fourth-order valence-corrected chi connectivity index (χ4v) is 2.39. The molecule has 106 valence electrons. The van der Waals surface area contributed by atoms with Crippen molar-refractivity contribution in [3.05, 3.63) is 54.1 Å². The molecule has 0 aliphatic carbocycles. The molecule has 0 spiro atoms. The van der Waals surface area contributed by atoms with Crippen molar-refractivity contribution in [2.75, 3.05) is 4.90 Å². The van der Waals surface area contributed by atoms with Crippen molar-refractivity contribution in [2.45, 2.75) is 20.0 Å². The molecule has 0 atom stereocenters. The van der Waals surface area contributed by atoms with Gasteiger partial charge in [0.25, 0.3) is 5.78 Å². The van der Waals surface area contributed by atoms with Crippen LogP contribution in [0.4, 0.5) is 11.4 Å². The van der Waals surface area contributed by atoms with Crippen LogP contribution in [0.15, 0.2) is 48.5 Å². The quantitative estimate of drug-likeness (QED) is 0.811. The number of carbonyl (C=O) groups excluding carboxylic acids is 2. The minimum absolute atomic E-state index is 0.0894. The summed E-state index contributed by atoms with van der Waals surface area (Å²) in [5.41, 5.74) is 1.74. The van der Waals surface area contributed by atoms with Gasteiger partial charge in [0.1, 0.15) is 5.75 Å². The van der Waals surface area contributed by atoms with Crippen LogP contribution >= 0.6 is 0 Å². The van der Waals surface area contributed by atoms with Crippen LogP contribution in [0.1, 0.15) is 24.2 Å². The number of fused-ring (bicyclic) bond motifs is 1. The van der Waals surface area contributed by atoms with E-state index < -0.39 is 11.7 Å². The van der Waals surface area contributed by atoms with E-state index in [0.29, 0.717) is 16.9 Å². The molecule has 1 aliphatic rings. The number of nitrogens with zero attached hydrogens (tertiary/aromatic N) is 1. The summed E-state index contributed by atoms with van der Waals surface area (Å²) in [7, 11) is 0. The van der Waals surface area contributed by atoms with E-state index in [9.17, 15) is 9.59 Å². The number of benzene rings is 2. The summed E-state index contributed by atoms with van der Waals surface area (Å²) in [4.78, 5) is 25.6. The number of para-hydroxylation sites is 1. The Bertz CT molecular complexity index is 704. The fourth-order valence-electron chi connectivity index (χ4n) is 2.39. The van der Waals surface area contributed by atoms with Gasteiger partial charge in [-0.3, -0.25) is 14.5 Å².